The quantitative estimate of drug-likeness (QED) is 0.609. The maximum atomic E-state index is 12.6. The van der Waals surface area contributed by atoms with Gasteiger partial charge in [-0.15, -0.1) is 0 Å². The number of carbonyl (C=O) groups excluding carboxylic acids is 1. The van der Waals surface area contributed by atoms with Crippen LogP contribution >= 0.6 is 15.9 Å². The van der Waals surface area contributed by atoms with Gasteiger partial charge in [0.1, 0.15) is 17.8 Å². The highest BCUT2D eigenvalue weighted by Gasteiger charge is 2.35. The molecule has 1 saturated heterocycles. The molecule has 0 aliphatic carbocycles. The Labute approximate surface area is 187 Å². The third-order valence-corrected chi connectivity index (χ3v) is 6.26. The van der Waals surface area contributed by atoms with Crippen molar-refractivity contribution < 1.29 is 9.53 Å². The highest BCUT2D eigenvalue weighted by molar-refractivity contribution is 9.15. The van der Waals surface area contributed by atoms with Crippen LogP contribution in [-0.2, 0) is 4.74 Å². The zero-order chi connectivity index (χ0) is 22.1. The molecule has 1 unspecified atom stereocenters. The van der Waals surface area contributed by atoms with Crippen molar-refractivity contribution in [2.24, 2.45) is 0 Å². The molecular formula is C21H31BrN6O2. The van der Waals surface area contributed by atoms with E-state index in [9.17, 15) is 10.1 Å². The Morgan fingerprint density at radius 1 is 1.47 bits per heavy atom. The number of hydrazine groups is 1. The smallest absolute Gasteiger partial charge is 0.410 e. The van der Waals surface area contributed by atoms with Gasteiger partial charge in [-0.2, -0.15) is 10.4 Å². The fraction of sp³-hybridized carbons (Fsp3) is 0.667. The van der Waals surface area contributed by atoms with Gasteiger partial charge in [0.2, 0.25) is 0 Å². The molecule has 8 nitrogen and oxygen atoms in total. The first-order valence-electron chi connectivity index (χ1n) is 10.5. The Morgan fingerprint density at radius 3 is 2.83 bits per heavy atom. The van der Waals surface area contributed by atoms with Gasteiger partial charge in [0.15, 0.2) is 0 Å². The number of aromatic nitrogens is 2. The van der Waals surface area contributed by atoms with Crippen LogP contribution in [0.2, 0.25) is 0 Å². The van der Waals surface area contributed by atoms with Gasteiger partial charge in [-0.1, -0.05) is 13.0 Å². The van der Waals surface area contributed by atoms with E-state index in [4.69, 9.17) is 4.74 Å². The van der Waals surface area contributed by atoms with E-state index in [0.29, 0.717) is 12.1 Å². The molecule has 0 saturated carbocycles. The van der Waals surface area contributed by atoms with Crippen LogP contribution < -0.4 is 0 Å². The Hall–Kier alpha value is -1.89. The fourth-order valence-corrected chi connectivity index (χ4v) is 4.81. The number of carbonyl (C=O) groups is 1. The lowest BCUT2D eigenvalue weighted by Gasteiger charge is -2.45. The number of halogens is 1. The number of hydrogen-bond donors (Lipinski definition) is 0. The summed E-state index contributed by atoms with van der Waals surface area (Å²) >= 11 is 3.57. The summed E-state index contributed by atoms with van der Waals surface area (Å²) in [4.78, 5) is 14.4. The normalized spacial score (nSPS) is 22.0. The third-order valence-electron chi connectivity index (χ3n) is 5.56. The zero-order valence-corrected chi connectivity index (χ0v) is 20.0. The fourth-order valence-electron chi connectivity index (χ4n) is 4.22. The van der Waals surface area contributed by atoms with Crippen molar-refractivity contribution in [3.05, 3.63) is 23.5 Å². The number of fused-ring (bicyclic) bond motifs is 1. The van der Waals surface area contributed by atoms with Crippen molar-refractivity contribution in [2.75, 3.05) is 26.7 Å². The zero-order valence-electron chi connectivity index (χ0n) is 18.4. The number of nitrogens with zero attached hydrogens (tertiary/aromatic N) is 6. The summed E-state index contributed by atoms with van der Waals surface area (Å²) < 4.78 is 8.40. The van der Waals surface area contributed by atoms with E-state index >= 15 is 0 Å². The average Bonchev–Trinajstić information content (AvgIpc) is 3.13. The summed E-state index contributed by atoms with van der Waals surface area (Å²) in [6.45, 7) is 9.98. The molecule has 0 radical (unpaired) electrons. The van der Waals surface area contributed by atoms with E-state index < -0.39 is 5.60 Å². The molecule has 0 aromatic carbocycles. The van der Waals surface area contributed by atoms with Crippen molar-refractivity contribution in [1.82, 2.24) is 24.7 Å². The molecule has 0 spiro atoms. The number of likely N-dealkylation sites (N-methyl/N-ethyl adjacent to an activating group) is 1. The number of ether oxygens (including phenoxy) is 1. The first-order chi connectivity index (χ1) is 14.2. The van der Waals surface area contributed by atoms with E-state index in [1.54, 1.807) is 6.20 Å². The molecule has 0 bridgehead atoms. The van der Waals surface area contributed by atoms with Crippen molar-refractivity contribution in [3.63, 3.8) is 0 Å². The van der Waals surface area contributed by atoms with Crippen LogP contribution in [0, 0.1) is 11.3 Å². The maximum absolute atomic E-state index is 12.6. The Balaban J connectivity index is 1.77. The van der Waals surface area contributed by atoms with Crippen LogP contribution in [0.3, 0.4) is 0 Å². The number of rotatable bonds is 4. The summed E-state index contributed by atoms with van der Waals surface area (Å²) in [7, 11) is 2.06. The topological polar surface area (TPSA) is 77.6 Å². The summed E-state index contributed by atoms with van der Waals surface area (Å²) in [6, 6.07) is 2.42. The van der Waals surface area contributed by atoms with Gasteiger partial charge >= 0.3 is 6.09 Å². The summed E-state index contributed by atoms with van der Waals surface area (Å²) in [5.74, 6) is 0. The Morgan fingerprint density at radius 2 is 2.20 bits per heavy atom. The largest absolute Gasteiger partial charge is 0.444 e. The molecule has 2 atom stereocenters. The molecule has 3 heterocycles. The number of piperidine rings is 1. The standard InChI is InChI=1S/C21H31BrN6O2/c1-6-27(16-8-7-11-26(14-16)20(29)30-21(2,3)4)25(5)18-10-9-17(22)19-15(12-23)13-24-28(18)19/h9,13,16,18H,6-8,10-11,14H2,1-5H3/t16-,18?/m0/s1. The lowest BCUT2D eigenvalue weighted by atomic mass is 10.1. The molecule has 1 fully saturated rings. The summed E-state index contributed by atoms with van der Waals surface area (Å²) in [5.41, 5.74) is 0.880. The second kappa shape index (κ2) is 9.08. The second-order valence-electron chi connectivity index (χ2n) is 8.78. The SMILES string of the molecule is CCN([C@H]1CCCN(C(=O)OC(C)(C)C)C1)N(C)C1CC=C(Br)c2c(C#N)cnn21. The van der Waals surface area contributed by atoms with Gasteiger partial charge in [0.25, 0.3) is 0 Å². The van der Waals surface area contributed by atoms with E-state index in [2.05, 4.69) is 57.2 Å². The summed E-state index contributed by atoms with van der Waals surface area (Å²) in [6.07, 6.45) is 6.17. The summed E-state index contributed by atoms with van der Waals surface area (Å²) in [5, 5.41) is 18.4. The highest BCUT2D eigenvalue weighted by atomic mass is 79.9. The van der Waals surface area contributed by atoms with E-state index in [1.807, 2.05) is 30.4 Å². The van der Waals surface area contributed by atoms with E-state index in [-0.39, 0.29) is 18.3 Å². The van der Waals surface area contributed by atoms with Crippen molar-refractivity contribution >= 4 is 26.5 Å². The van der Waals surface area contributed by atoms with Crippen molar-refractivity contribution in [3.8, 4) is 6.07 Å². The van der Waals surface area contributed by atoms with Gasteiger partial charge in [-0.3, -0.25) is 0 Å². The minimum absolute atomic E-state index is 0.0275. The average molecular weight is 479 g/mol. The molecular weight excluding hydrogens is 448 g/mol. The molecule has 164 valence electrons. The minimum Gasteiger partial charge on any atom is -0.444 e. The van der Waals surface area contributed by atoms with E-state index in [1.165, 1.54) is 0 Å². The number of hydrogen-bond acceptors (Lipinski definition) is 6. The molecule has 9 heteroatoms. The predicted octanol–water partition coefficient (Wildman–Crippen LogP) is 3.96. The monoisotopic (exact) mass is 478 g/mol. The molecule has 3 rings (SSSR count). The highest BCUT2D eigenvalue weighted by Crippen LogP contribution is 2.36. The molecule has 2 aliphatic rings. The second-order valence-corrected chi connectivity index (χ2v) is 9.64. The number of likely N-dealkylation sites (tertiary alicyclic amines) is 1. The van der Waals surface area contributed by atoms with Crippen LogP contribution in [0.25, 0.3) is 4.48 Å². The first kappa shape index (κ1) is 22.8. The van der Waals surface area contributed by atoms with Gasteiger partial charge in [0.05, 0.1) is 17.5 Å². The van der Waals surface area contributed by atoms with Gasteiger partial charge < -0.3 is 9.64 Å². The molecule has 0 N–H and O–H groups in total. The van der Waals surface area contributed by atoms with Crippen LogP contribution in [0.4, 0.5) is 4.79 Å². The number of amides is 1. The Kier molecular flexibility index (Phi) is 6.90. The van der Waals surface area contributed by atoms with Crippen LogP contribution in [0.1, 0.15) is 64.4 Å². The lowest BCUT2D eigenvalue weighted by molar-refractivity contribution is -0.108. The molecule has 1 aromatic rings. The third kappa shape index (κ3) is 4.71. The Bertz CT molecular complexity index is 853. The van der Waals surface area contributed by atoms with E-state index in [0.717, 1.165) is 42.5 Å². The van der Waals surface area contributed by atoms with Crippen LogP contribution in [0.15, 0.2) is 12.3 Å². The minimum atomic E-state index is -0.498. The van der Waals surface area contributed by atoms with Gasteiger partial charge in [0, 0.05) is 43.6 Å². The maximum Gasteiger partial charge on any atom is 0.410 e. The first-order valence-corrected chi connectivity index (χ1v) is 11.3. The molecule has 2 aliphatic heterocycles. The number of nitriles is 1. The van der Waals surface area contributed by atoms with Crippen LogP contribution in [0.5, 0.6) is 0 Å². The molecule has 1 aromatic heterocycles. The predicted molar refractivity (Wildman–Crippen MR) is 118 cm³/mol. The molecule has 1 amide bonds. The lowest BCUT2D eigenvalue weighted by Crippen LogP contribution is -2.56. The van der Waals surface area contributed by atoms with Crippen molar-refractivity contribution in [1.29, 1.82) is 5.26 Å². The van der Waals surface area contributed by atoms with Gasteiger partial charge in [-0.05, 0) is 49.5 Å². The van der Waals surface area contributed by atoms with Gasteiger partial charge in [-0.25, -0.2) is 19.5 Å². The molecule has 30 heavy (non-hydrogen) atoms. The van der Waals surface area contributed by atoms with Crippen molar-refractivity contribution in [2.45, 2.75) is 64.8 Å². The van der Waals surface area contributed by atoms with Crippen LogP contribution in [-0.4, -0.2) is 69.1 Å².